The van der Waals surface area contributed by atoms with Gasteiger partial charge in [0.15, 0.2) is 5.71 Å². The number of nitrogens with zero attached hydrogens (tertiary/aromatic N) is 2. The van der Waals surface area contributed by atoms with Gasteiger partial charge in [-0.1, -0.05) is 62.4 Å². The van der Waals surface area contributed by atoms with Gasteiger partial charge in [-0.15, -0.1) is 0 Å². The fourth-order valence-corrected chi connectivity index (χ4v) is 10.1. The van der Waals surface area contributed by atoms with Crippen LogP contribution in [0.2, 0.25) is 0 Å². The molecule has 1 aliphatic carbocycles. The molecular weight excluding hydrogens is 757 g/mol. The van der Waals surface area contributed by atoms with E-state index in [0.717, 1.165) is 41.5 Å². The number of aliphatic carboxylic acids is 2. The minimum absolute atomic E-state index is 0.275. The van der Waals surface area contributed by atoms with Gasteiger partial charge in [-0.25, -0.2) is 21.6 Å². The molecule has 14 heteroatoms. The number of anilines is 1. The molecule has 0 bridgehead atoms. The van der Waals surface area contributed by atoms with Crippen LogP contribution in [0.4, 0.5) is 11.4 Å². The van der Waals surface area contributed by atoms with Gasteiger partial charge in [0.05, 0.1) is 15.2 Å². The zero-order valence-corrected chi connectivity index (χ0v) is 32.7. The van der Waals surface area contributed by atoms with E-state index >= 15 is 0 Å². The van der Waals surface area contributed by atoms with Gasteiger partial charge >= 0.3 is 11.9 Å². The Hall–Kier alpha value is -5.41. The smallest absolute Gasteiger partial charge is 0.370 e. The lowest BCUT2D eigenvalue weighted by atomic mass is 9.78. The van der Waals surface area contributed by atoms with Crippen LogP contribution < -0.4 is 4.90 Å². The first-order valence-corrected chi connectivity index (χ1v) is 20.7. The van der Waals surface area contributed by atoms with E-state index in [-0.39, 0.29) is 33.7 Å². The van der Waals surface area contributed by atoms with E-state index in [1.54, 1.807) is 45.9 Å². The Labute approximate surface area is 324 Å². The van der Waals surface area contributed by atoms with Crippen molar-refractivity contribution in [2.24, 2.45) is 0 Å². The molecule has 7 rings (SSSR count). The van der Waals surface area contributed by atoms with Crippen molar-refractivity contribution >= 4 is 70.8 Å². The van der Waals surface area contributed by atoms with Crippen LogP contribution in [0.25, 0.3) is 21.5 Å². The Kier molecular flexibility index (Phi) is 9.47. The van der Waals surface area contributed by atoms with Crippen LogP contribution in [0.3, 0.4) is 0 Å². The van der Waals surface area contributed by atoms with E-state index in [2.05, 4.69) is 0 Å². The Bertz CT molecular complexity index is 2790. The summed E-state index contributed by atoms with van der Waals surface area (Å²) in [6.45, 7) is 7.07. The fourth-order valence-electron chi connectivity index (χ4n) is 8.75. The maximum Gasteiger partial charge on any atom is 0.370 e. The lowest BCUT2D eigenvalue weighted by Gasteiger charge is -2.26. The maximum atomic E-state index is 12.1. The molecule has 4 aromatic rings. The SMILES string of the molecule is CC1(C)C(/C=C/C2=CC(=C/C=C3/N(CC(=O)O)c4ccc5c(S(=O)(=O)[O-])cccc5c4C3(C)C)CCC2)=[N+](CC(=O)O)c2ccc3c(S(=O)(=O)[O-])cccc3c21. The number of carboxylic acid groups (broad SMARTS) is 2. The molecule has 0 atom stereocenters. The van der Waals surface area contributed by atoms with Crippen LogP contribution in [0.1, 0.15) is 58.1 Å². The van der Waals surface area contributed by atoms with E-state index in [1.807, 2.05) is 58.1 Å². The van der Waals surface area contributed by atoms with Crippen molar-refractivity contribution in [3.63, 3.8) is 0 Å². The van der Waals surface area contributed by atoms with E-state index in [0.29, 0.717) is 33.6 Å². The van der Waals surface area contributed by atoms with Crippen LogP contribution in [0.5, 0.6) is 0 Å². The quantitative estimate of drug-likeness (QED) is 0.137. The summed E-state index contributed by atoms with van der Waals surface area (Å²) >= 11 is 0. The molecule has 0 fully saturated rings. The highest BCUT2D eigenvalue weighted by molar-refractivity contribution is 7.86. The summed E-state index contributed by atoms with van der Waals surface area (Å²) in [5.41, 5.74) is 4.44. The molecule has 2 N–H and O–H groups in total. The largest absolute Gasteiger partial charge is 0.744 e. The third-order valence-electron chi connectivity index (χ3n) is 11.0. The minimum Gasteiger partial charge on any atom is -0.744 e. The summed E-state index contributed by atoms with van der Waals surface area (Å²) < 4.78 is 74.4. The Morgan fingerprint density at radius 3 is 1.95 bits per heavy atom. The molecule has 0 aromatic heterocycles. The first-order chi connectivity index (χ1) is 26.2. The average molecular weight is 796 g/mol. The number of carboxylic acids is 2. The molecule has 290 valence electrons. The van der Waals surface area contributed by atoms with E-state index in [9.17, 15) is 45.7 Å². The number of benzene rings is 4. The standard InChI is InChI=1S/C42H40N2O10S2/c1-41(2)35(43(23-37(45)46)31-18-16-27-29(39(31)41)10-6-12-33(27)55(49,50)51)20-14-25-8-5-9-26(22-25)15-21-36-42(3,4)40-30-11-7-13-34(56(52,53)54)28(30)17-19-32(40)44(36)24-38(47)48/h6-7,10-22H,5,8-9,23-24H2,1-4H3,(H3-,45,46,47,48,49,50,51,52,53,54)/p-1. The van der Waals surface area contributed by atoms with Crippen molar-refractivity contribution in [2.75, 3.05) is 18.0 Å². The number of rotatable bonds is 9. The van der Waals surface area contributed by atoms with Crippen LogP contribution >= 0.6 is 0 Å². The summed E-state index contributed by atoms with van der Waals surface area (Å²) in [5.74, 6) is -2.10. The third kappa shape index (κ3) is 6.66. The molecule has 0 unspecified atom stereocenters. The number of allylic oxidation sites excluding steroid dienone is 8. The summed E-state index contributed by atoms with van der Waals surface area (Å²) in [5, 5.41) is 21.5. The Morgan fingerprint density at radius 1 is 0.750 bits per heavy atom. The zero-order valence-electron chi connectivity index (χ0n) is 31.1. The summed E-state index contributed by atoms with van der Waals surface area (Å²) in [7, 11) is -9.54. The van der Waals surface area contributed by atoms with Gasteiger partial charge in [-0.3, -0.25) is 4.79 Å². The Morgan fingerprint density at radius 2 is 1.36 bits per heavy atom. The second-order valence-corrected chi connectivity index (χ2v) is 18.0. The van der Waals surface area contributed by atoms with Gasteiger partial charge in [-0.2, -0.15) is 4.58 Å². The van der Waals surface area contributed by atoms with Crippen LogP contribution in [-0.2, 0) is 40.7 Å². The summed E-state index contributed by atoms with van der Waals surface area (Å²) in [6.07, 6.45) is 12.0. The van der Waals surface area contributed by atoms with Crippen molar-refractivity contribution in [3.8, 4) is 0 Å². The highest BCUT2D eigenvalue weighted by Crippen LogP contribution is 2.51. The number of hydrogen-bond donors (Lipinski definition) is 2. The molecule has 4 aromatic carbocycles. The Balaban J connectivity index is 1.27. The minimum atomic E-state index is -4.77. The van der Waals surface area contributed by atoms with Gasteiger partial charge in [-0.05, 0) is 102 Å². The van der Waals surface area contributed by atoms with E-state index < -0.39 is 43.0 Å². The van der Waals surface area contributed by atoms with Crippen molar-refractivity contribution in [3.05, 3.63) is 119 Å². The predicted molar refractivity (Wildman–Crippen MR) is 210 cm³/mol. The van der Waals surface area contributed by atoms with E-state index in [1.165, 1.54) is 24.3 Å². The second-order valence-electron chi connectivity index (χ2n) is 15.3. The molecule has 56 heavy (non-hydrogen) atoms. The van der Waals surface area contributed by atoms with Crippen LogP contribution in [0.15, 0.2) is 118 Å². The van der Waals surface area contributed by atoms with Gasteiger partial charge in [0.25, 0.3) is 0 Å². The molecule has 3 aliphatic rings. The monoisotopic (exact) mass is 795 g/mol. The fraction of sp³-hybridized carbons (Fsp3) is 0.262. The molecule has 2 heterocycles. The lowest BCUT2D eigenvalue weighted by molar-refractivity contribution is -0.427. The first kappa shape index (κ1) is 38.8. The maximum absolute atomic E-state index is 12.1. The summed E-state index contributed by atoms with van der Waals surface area (Å²) in [6, 6.07) is 15.5. The van der Waals surface area contributed by atoms with Gasteiger partial charge < -0.3 is 24.2 Å². The molecule has 2 aliphatic heterocycles. The highest BCUT2D eigenvalue weighted by atomic mass is 32.2. The predicted octanol–water partition coefficient (Wildman–Crippen LogP) is 6.62. The normalized spacial score (nSPS) is 19.3. The molecule has 0 saturated heterocycles. The number of carbonyl (C=O) groups is 2. The molecule has 12 nitrogen and oxygen atoms in total. The van der Waals surface area contributed by atoms with Gasteiger partial charge in [0.2, 0.25) is 12.2 Å². The van der Waals surface area contributed by atoms with E-state index in [4.69, 9.17) is 0 Å². The van der Waals surface area contributed by atoms with Crippen LogP contribution in [-0.4, -0.2) is 71.5 Å². The average Bonchev–Trinajstić information content (AvgIpc) is 3.45. The molecule has 0 radical (unpaired) electrons. The van der Waals surface area contributed by atoms with Crippen molar-refractivity contribution in [1.82, 2.24) is 0 Å². The molecule has 0 spiro atoms. The third-order valence-corrected chi connectivity index (χ3v) is 12.8. The topological polar surface area (TPSA) is 195 Å². The number of fused-ring (bicyclic) bond motifs is 6. The molecular formula is C42H39N2O10S2-. The molecule has 0 amide bonds. The number of hydrogen-bond acceptors (Lipinski definition) is 9. The van der Waals surface area contributed by atoms with Crippen molar-refractivity contribution in [1.29, 1.82) is 0 Å². The van der Waals surface area contributed by atoms with Gasteiger partial charge in [0, 0.05) is 34.5 Å². The second kappa shape index (κ2) is 13.7. The highest BCUT2D eigenvalue weighted by Gasteiger charge is 2.47. The molecule has 0 saturated carbocycles. The first-order valence-electron chi connectivity index (χ1n) is 17.9. The zero-order chi connectivity index (χ0) is 40.5. The lowest BCUT2D eigenvalue weighted by Crippen LogP contribution is -2.30. The summed E-state index contributed by atoms with van der Waals surface area (Å²) in [4.78, 5) is 25.3. The van der Waals surface area contributed by atoms with Crippen molar-refractivity contribution in [2.45, 2.75) is 67.6 Å². The van der Waals surface area contributed by atoms with Gasteiger partial charge in [0.1, 0.15) is 26.8 Å². The van der Waals surface area contributed by atoms with Crippen LogP contribution in [0, 0.1) is 0 Å². The van der Waals surface area contributed by atoms with Crippen molar-refractivity contribution < 1.29 is 50.3 Å².